The fourth-order valence-corrected chi connectivity index (χ4v) is 1.75. The molecular weight excluding hydrogens is 236 g/mol. The molecule has 92 valence electrons. The van der Waals surface area contributed by atoms with Crippen LogP contribution in [0.4, 0.5) is 8.78 Å². The second-order valence-corrected chi connectivity index (χ2v) is 4.02. The first kappa shape index (κ1) is 12.4. The Morgan fingerprint density at radius 3 is 2.44 bits per heavy atom. The van der Waals surface area contributed by atoms with Gasteiger partial charge in [-0.25, -0.2) is 8.78 Å². The molecule has 0 atom stereocenters. The van der Waals surface area contributed by atoms with Crippen LogP contribution in [0, 0.1) is 25.5 Å². The predicted molar refractivity (Wildman–Crippen MR) is 63.5 cm³/mol. The number of halogens is 2. The third-order valence-corrected chi connectivity index (χ3v) is 2.67. The molecule has 0 fully saturated rings. The van der Waals surface area contributed by atoms with Crippen LogP contribution in [0.2, 0.25) is 0 Å². The Kier molecular flexibility index (Phi) is 3.19. The normalized spacial score (nSPS) is 10.4. The number of aryl methyl sites for hydroxylation is 2. The highest BCUT2D eigenvalue weighted by Gasteiger charge is 2.18. The Labute approximate surface area is 103 Å². The summed E-state index contributed by atoms with van der Waals surface area (Å²) in [5.41, 5.74) is 1.28. The maximum atomic E-state index is 13.5. The summed E-state index contributed by atoms with van der Waals surface area (Å²) in [6.45, 7) is 3.46. The lowest BCUT2D eigenvalue weighted by Crippen LogP contribution is -2.08. The van der Waals surface area contributed by atoms with Crippen molar-refractivity contribution in [1.29, 1.82) is 0 Å². The van der Waals surface area contributed by atoms with Crippen LogP contribution in [-0.2, 0) is 0 Å². The molecule has 0 aliphatic rings. The minimum atomic E-state index is -1.12. The first-order chi connectivity index (χ1) is 8.50. The minimum absolute atomic E-state index is 0.274. The summed E-state index contributed by atoms with van der Waals surface area (Å²) >= 11 is 0. The summed E-state index contributed by atoms with van der Waals surface area (Å²) in [4.78, 5) is 16.2. The largest absolute Gasteiger partial charge is 0.288 e. The smallest absolute Gasteiger partial charge is 0.197 e. The maximum Gasteiger partial charge on any atom is 0.197 e. The van der Waals surface area contributed by atoms with Crippen molar-refractivity contribution >= 4 is 5.78 Å². The van der Waals surface area contributed by atoms with Crippen LogP contribution in [0.1, 0.15) is 27.3 Å². The molecule has 2 rings (SSSR count). The molecule has 1 aromatic heterocycles. The molecule has 1 heterocycles. The molecule has 4 heteroatoms. The number of hydrogen-bond acceptors (Lipinski definition) is 2. The molecule has 0 saturated carbocycles. The van der Waals surface area contributed by atoms with E-state index in [1.807, 2.05) is 0 Å². The summed E-state index contributed by atoms with van der Waals surface area (Å²) < 4.78 is 26.6. The average molecular weight is 247 g/mol. The number of nitrogens with zero attached hydrogens (tertiary/aromatic N) is 1. The van der Waals surface area contributed by atoms with Crippen molar-refractivity contribution in [2.45, 2.75) is 13.8 Å². The van der Waals surface area contributed by atoms with Crippen molar-refractivity contribution in [2.24, 2.45) is 0 Å². The van der Waals surface area contributed by atoms with Crippen molar-refractivity contribution in [3.63, 3.8) is 0 Å². The van der Waals surface area contributed by atoms with Crippen molar-refractivity contribution in [3.8, 4) is 0 Å². The van der Waals surface area contributed by atoms with E-state index in [2.05, 4.69) is 4.98 Å². The Balaban J connectivity index is 2.51. The van der Waals surface area contributed by atoms with Gasteiger partial charge < -0.3 is 0 Å². The van der Waals surface area contributed by atoms with Gasteiger partial charge in [0.25, 0.3) is 0 Å². The van der Waals surface area contributed by atoms with Crippen LogP contribution in [0.5, 0.6) is 0 Å². The molecule has 0 aliphatic carbocycles. The van der Waals surface area contributed by atoms with Crippen LogP contribution in [0.3, 0.4) is 0 Å². The van der Waals surface area contributed by atoms with Gasteiger partial charge in [0.15, 0.2) is 17.4 Å². The molecular formula is C14H11F2NO. The van der Waals surface area contributed by atoms with E-state index in [9.17, 15) is 13.6 Å². The molecule has 18 heavy (non-hydrogen) atoms. The first-order valence-corrected chi connectivity index (χ1v) is 5.43. The van der Waals surface area contributed by atoms with Crippen molar-refractivity contribution in [1.82, 2.24) is 4.98 Å². The van der Waals surface area contributed by atoms with Gasteiger partial charge in [0.2, 0.25) is 0 Å². The van der Waals surface area contributed by atoms with Gasteiger partial charge in [-0.1, -0.05) is 6.07 Å². The summed E-state index contributed by atoms with van der Waals surface area (Å²) in [7, 11) is 0. The summed E-state index contributed by atoms with van der Waals surface area (Å²) in [6, 6.07) is 6.79. The van der Waals surface area contributed by atoms with Gasteiger partial charge in [-0.2, -0.15) is 0 Å². The van der Waals surface area contributed by atoms with Gasteiger partial charge in [-0.3, -0.25) is 9.78 Å². The van der Waals surface area contributed by atoms with E-state index >= 15 is 0 Å². The quantitative estimate of drug-likeness (QED) is 0.763. The van der Waals surface area contributed by atoms with Gasteiger partial charge in [0.1, 0.15) is 0 Å². The Bertz CT molecular complexity index is 623. The van der Waals surface area contributed by atoms with E-state index in [0.29, 0.717) is 5.69 Å². The van der Waals surface area contributed by atoms with Crippen LogP contribution in [0.15, 0.2) is 30.3 Å². The second-order valence-electron chi connectivity index (χ2n) is 4.02. The Morgan fingerprint density at radius 2 is 1.78 bits per heavy atom. The molecule has 2 nitrogen and oxygen atoms in total. The zero-order valence-electron chi connectivity index (χ0n) is 10.00. The number of aromatic nitrogens is 1. The molecule has 1 aromatic carbocycles. The molecule has 2 aromatic rings. The van der Waals surface area contributed by atoms with E-state index in [4.69, 9.17) is 0 Å². The zero-order chi connectivity index (χ0) is 13.3. The molecule has 0 saturated heterocycles. The van der Waals surface area contributed by atoms with E-state index in [0.717, 1.165) is 11.8 Å². The lowest BCUT2D eigenvalue weighted by atomic mass is 10.0. The van der Waals surface area contributed by atoms with Crippen LogP contribution >= 0.6 is 0 Å². The van der Waals surface area contributed by atoms with Crippen LogP contribution < -0.4 is 0 Å². The lowest BCUT2D eigenvalue weighted by Gasteiger charge is -2.06. The first-order valence-electron chi connectivity index (χ1n) is 5.43. The van der Waals surface area contributed by atoms with Gasteiger partial charge >= 0.3 is 0 Å². The number of hydrogen-bond donors (Lipinski definition) is 0. The molecule has 0 amide bonds. The van der Waals surface area contributed by atoms with Crippen molar-refractivity contribution in [2.75, 3.05) is 0 Å². The number of carbonyl (C=O) groups excluding carboxylic acids is 1. The van der Waals surface area contributed by atoms with E-state index in [-0.39, 0.29) is 11.1 Å². The summed E-state index contributed by atoms with van der Waals surface area (Å²) in [5.74, 6) is -2.71. The highest BCUT2D eigenvalue weighted by atomic mass is 19.2. The average Bonchev–Trinajstić information content (AvgIpc) is 2.32. The standard InChI is InChI=1S/C14H11F2NO/c1-8-6-7-10(9(2)17-8)14(18)11-4-3-5-12(15)13(11)16/h3-7H,1-2H3. The molecule has 0 spiro atoms. The number of rotatable bonds is 2. The van der Waals surface area contributed by atoms with Gasteiger partial charge in [0.05, 0.1) is 5.56 Å². The Morgan fingerprint density at radius 1 is 1.06 bits per heavy atom. The topological polar surface area (TPSA) is 30.0 Å². The van der Waals surface area contributed by atoms with Gasteiger partial charge in [0, 0.05) is 17.0 Å². The highest BCUT2D eigenvalue weighted by molar-refractivity contribution is 6.09. The number of benzene rings is 1. The minimum Gasteiger partial charge on any atom is -0.288 e. The summed E-state index contributed by atoms with van der Waals surface area (Å²) in [5, 5.41) is 0. The van der Waals surface area contributed by atoms with Crippen LogP contribution in [-0.4, -0.2) is 10.8 Å². The summed E-state index contributed by atoms with van der Waals surface area (Å²) in [6.07, 6.45) is 0. The van der Waals surface area contributed by atoms with Gasteiger partial charge in [-0.15, -0.1) is 0 Å². The molecule has 0 radical (unpaired) electrons. The molecule has 0 bridgehead atoms. The number of pyridine rings is 1. The lowest BCUT2D eigenvalue weighted by molar-refractivity contribution is 0.103. The third-order valence-electron chi connectivity index (χ3n) is 2.67. The highest BCUT2D eigenvalue weighted by Crippen LogP contribution is 2.17. The number of carbonyl (C=O) groups is 1. The maximum absolute atomic E-state index is 13.5. The van der Waals surface area contributed by atoms with Crippen LogP contribution in [0.25, 0.3) is 0 Å². The Hall–Kier alpha value is -2.10. The van der Waals surface area contributed by atoms with E-state index in [1.54, 1.807) is 26.0 Å². The van der Waals surface area contributed by atoms with Gasteiger partial charge in [-0.05, 0) is 38.1 Å². The van der Waals surface area contributed by atoms with Crippen molar-refractivity contribution in [3.05, 3.63) is 64.5 Å². The molecule has 0 unspecified atom stereocenters. The van der Waals surface area contributed by atoms with E-state index in [1.165, 1.54) is 12.1 Å². The monoisotopic (exact) mass is 247 g/mol. The third kappa shape index (κ3) is 2.14. The fraction of sp³-hybridized carbons (Fsp3) is 0.143. The van der Waals surface area contributed by atoms with E-state index < -0.39 is 17.4 Å². The number of ketones is 1. The SMILES string of the molecule is Cc1ccc(C(=O)c2cccc(F)c2F)c(C)n1. The zero-order valence-corrected chi connectivity index (χ0v) is 10.00. The van der Waals surface area contributed by atoms with Crippen molar-refractivity contribution < 1.29 is 13.6 Å². The molecule has 0 N–H and O–H groups in total. The second kappa shape index (κ2) is 4.64. The predicted octanol–water partition coefficient (Wildman–Crippen LogP) is 3.21. The fourth-order valence-electron chi connectivity index (χ4n) is 1.75. The molecule has 0 aliphatic heterocycles.